The fraction of sp³-hybridized carbons (Fsp3) is 0.353. The van der Waals surface area contributed by atoms with Crippen LogP contribution in [0.25, 0.3) is 22.4 Å². The van der Waals surface area contributed by atoms with Crippen LogP contribution in [0.2, 0.25) is 0 Å². The number of aromatic amines is 1. The minimum Gasteiger partial charge on any atom is -0.469 e. The number of nitrogens with zero attached hydrogens (tertiary/aromatic N) is 3. The molecule has 3 heterocycles. The van der Waals surface area contributed by atoms with E-state index in [-0.39, 0.29) is 25.1 Å². The first-order valence-corrected chi connectivity index (χ1v) is 9.16. The van der Waals surface area contributed by atoms with Crippen LogP contribution in [-0.2, 0) is 14.3 Å². The van der Waals surface area contributed by atoms with Crippen molar-refractivity contribution in [3.05, 3.63) is 24.0 Å². The Labute approximate surface area is 154 Å². The second-order valence-electron chi connectivity index (χ2n) is 6.22. The monoisotopic (exact) mass is 373 g/mol. The highest BCUT2D eigenvalue weighted by Gasteiger charge is 2.34. The number of hydrogen-bond acceptors (Lipinski definition) is 7. The molecule has 1 aliphatic carbocycles. The van der Waals surface area contributed by atoms with Crippen molar-refractivity contribution in [2.75, 3.05) is 12.4 Å². The van der Waals surface area contributed by atoms with Crippen molar-refractivity contribution < 1.29 is 15.8 Å². The molecular formula is C17H19N5O3S. The number of rotatable bonds is 4. The van der Waals surface area contributed by atoms with Crippen molar-refractivity contribution >= 4 is 39.4 Å². The zero-order valence-electron chi connectivity index (χ0n) is 14.1. The van der Waals surface area contributed by atoms with Crippen LogP contribution in [-0.4, -0.2) is 38.9 Å². The number of anilines is 1. The number of carbonyl (C=O) groups excluding carboxylic acids is 2. The van der Waals surface area contributed by atoms with Crippen molar-refractivity contribution in [3.63, 3.8) is 0 Å². The minimum absolute atomic E-state index is 0. The highest BCUT2D eigenvalue weighted by molar-refractivity contribution is 7.14. The lowest BCUT2D eigenvalue weighted by Gasteiger charge is -2.09. The normalized spacial score (nSPS) is 19.6. The van der Waals surface area contributed by atoms with Crippen molar-refractivity contribution in [2.24, 2.45) is 11.8 Å². The third kappa shape index (κ3) is 3.05. The van der Waals surface area contributed by atoms with Gasteiger partial charge in [-0.2, -0.15) is 0 Å². The molecule has 1 aliphatic rings. The Kier molecular flexibility index (Phi) is 4.37. The van der Waals surface area contributed by atoms with Crippen LogP contribution >= 0.6 is 11.3 Å². The molecule has 1 saturated carbocycles. The summed E-state index contributed by atoms with van der Waals surface area (Å²) in [6.07, 6.45) is 5.17. The first-order chi connectivity index (χ1) is 12.7. The lowest BCUT2D eigenvalue weighted by Crippen LogP contribution is -2.22. The summed E-state index contributed by atoms with van der Waals surface area (Å²) in [6.45, 7) is 0. The SMILES string of the molecule is COC(=O)[C@@H]1CC[C@H](C(=O)Nc2nc(-c3ncnc4[nH]ccc34)cs2)C1.[HH]. The summed E-state index contributed by atoms with van der Waals surface area (Å²) >= 11 is 1.35. The molecule has 8 nitrogen and oxygen atoms in total. The van der Waals surface area contributed by atoms with Gasteiger partial charge in [0.05, 0.1) is 13.0 Å². The number of aromatic nitrogens is 4. The van der Waals surface area contributed by atoms with E-state index in [0.717, 1.165) is 16.7 Å². The smallest absolute Gasteiger partial charge is 0.308 e. The third-order valence-corrected chi connectivity index (χ3v) is 5.43. The van der Waals surface area contributed by atoms with E-state index in [4.69, 9.17) is 4.74 Å². The van der Waals surface area contributed by atoms with Crippen LogP contribution in [0.15, 0.2) is 24.0 Å². The summed E-state index contributed by atoms with van der Waals surface area (Å²) in [4.78, 5) is 40.1. The molecule has 2 N–H and O–H groups in total. The molecule has 0 aromatic carbocycles. The molecule has 0 spiro atoms. The molecule has 9 heteroatoms. The number of carbonyl (C=O) groups is 2. The summed E-state index contributed by atoms with van der Waals surface area (Å²) in [6, 6.07) is 1.90. The summed E-state index contributed by atoms with van der Waals surface area (Å²) in [7, 11) is 1.38. The van der Waals surface area contributed by atoms with E-state index >= 15 is 0 Å². The largest absolute Gasteiger partial charge is 0.469 e. The van der Waals surface area contributed by atoms with Gasteiger partial charge < -0.3 is 15.0 Å². The summed E-state index contributed by atoms with van der Waals surface area (Å²) in [5, 5.41) is 6.12. The van der Waals surface area contributed by atoms with E-state index in [1.807, 2.05) is 11.4 Å². The van der Waals surface area contributed by atoms with Crippen LogP contribution in [0, 0.1) is 11.8 Å². The molecule has 3 aromatic rings. The maximum Gasteiger partial charge on any atom is 0.308 e. The lowest BCUT2D eigenvalue weighted by molar-refractivity contribution is -0.145. The van der Waals surface area contributed by atoms with Gasteiger partial charge in [0.15, 0.2) is 5.13 Å². The minimum atomic E-state index is -0.240. The fourth-order valence-corrected chi connectivity index (χ4v) is 4.02. The molecule has 3 aromatic heterocycles. The second-order valence-corrected chi connectivity index (χ2v) is 7.08. The first kappa shape index (κ1) is 16.6. The first-order valence-electron chi connectivity index (χ1n) is 8.28. The number of esters is 1. The van der Waals surface area contributed by atoms with Gasteiger partial charge in [0.2, 0.25) is 5.91 Å². The van der Waals surface area contributed by atoms with Gasteiger partial charge in [0, 0.05) is 24.3 Å². The van der Waals surface area contributed by atoms with Crippen molar-refractivity contribution in [2.45, 2.75) is 19.3 Å². The number of amides is 1. The van der Waals surface area contributed by atoms with Gasteiger partial charge in [0.25, 0.3) is 0 Å². The van der Waals surface area contributed by atoms with Gasteiger partial charge >= 0.3 is 5.97 Å². The fourth-order valence-electron chi connectivity index (χ4n) is 3.32. The van der Waals surface area contributed by atoms with E-state index in [0.29, 0.717) is 30.1 Å². The van der Waals surface area contributed by atoms with E-state index in [2.05, 4.69) is 25.3 Å². The summed E-state index contributed by atoms with van der Waals surface area (Å²) < 4.78 is 4.77. The molecule has 0 radical (unpaired) electrons. The molecule has 136 valence electrons. The summed E-state index contributed by atoms with van der Waals surface area (Å²) in [5.41, 5.74) is 2.16. The van der Waals surface area contributed by atoms with E-state index < -0.39 is 0 Å². The molecule has 0 unspecified atom stereocenters. The number of H-pyrrole nitrogens is 1. The van der Waals surface area contributed by atoms with Gasteiger partial charge in [-0.15, -0.1) is 11.3 Å². The van der Waals surface area contributed by atoms with Crippen LogP contribution in [0.1, 0.15) is 20.7 Å². The molecule has 26 heavy (non-hydrogen) atoms. The number of methoxy groups -OCH3 is 1. The number of hydrogen-bond donors (Lipinski definition) is 2. The zero-order valence-corrected chi connectivity index (χ0v) is 14.9. The van der Waals surface area contributed by atoms with Crippen molar-refractivity contribution in [3.8, 4) is 11.4 Å². The van der Waals surface area contributed by atoms with Gasteiger partial charge in [-0.05, 0) is 25.3 Å². The van der Waals surface area contributed by atoms with E-state index in [1.54, 1.807) is 6.20 Å². The molecule has 1 amide bonds. The van der Waals surface area contributed by atoms with Crippen LogP contribution in [0.5, 0.6) is 0 Å². The molecule has 0 saturated heterocycles. The number of nitrogens with one attached hydrogen (secondary N) is 2. The average molecular weight is 373 g/mol. The standard InChI is InChI=1S/C17H17N5O3S.H2/c1-25-16(24)10-3-2-9(6-10)15(23)22-17-21-12(7-26-17)13-11-4-5-18-14(11)20-8-19-13;/h4-5,7-10H,2-3,6H2,1H3,(H,18,19,20)(H,21,22,23);1H/t9-,10+;/m0./s1. The van der Waals surface area contributed by atoms with Gasteiger partial charge in [-0.1, -0.05) is 0 Å². The topological polar surface area (TPSA) is 110 Å². The maximum absolute atomic E-state index is 12.5. The van der Waals surface area contributed by atoms with Gasteiger partial charge in [-0.25, -0.2) is 15.0 Å². The number of thiazole rings is 1. The van der Waals surface area contributed by atoms with E-state index in [1.165, 1.54) is 24.8 Å². The highest BCUT2D eigenvalue weighted by atomic mass is 32.1. The molecular weight excluding hydrogens is 354 g/mol. The zero-order chi connectivity index (χ0) is 18.1. The quantitative estimate of drug-likeness (QED) is 0.681. The Morgan fingerprint density at radius 3 is 3.04 bits per heavy atom. The Morgan fingerprint density at radius 1 is 1.35 bits per heavy atom. The van der Waals surface area contributed by atoms with E-state index in [9.17, 15) is 9.59 Å². The molecule has 4 rings (SSSR count). The molecule has 2 atom stereocenters. The van der Waals surface area contributed by atoms with Crippen molar-refractivity contribution in [1.82, 2.24) is 19.9 Å². The lowest BCUT2D eigenvalue weighted by atomic mass is 10.0. The van der Waals surface area contributed by atoms with Crippen molar-refractivity contribution in [1.29, 1.82) is 0 Å². The Hall–Kier alpha value is -2.81. The predicted octanol–water partition coefficient (Wildman–Crippen LogP) is 2.86. The number of ether oxygens (including phenoxy) is 1. The average Bonchev–Trinajstić information content (AvgIpc) is 3.39. The molecule has 1 fully saturated rings. The predicted molar refractivity (Wildman–Crippen MR) is 98.6 cm³/mol. The molecule has 0 bridgehead atoms. The third-order valence-electron chi connectivity index (χ3n) is 4.67. The summed E-state index contributed by atoms with van der Waals surface area (Å²) in [5.74, 6) is -0.727. The van der Waals surface area contributed by atoms with Gasteiger partial charge in [0.1, 0.15) is 23.4 Å². The maximum atomic E-state index is 12.5. The Balaban J connectivity index is 0.00000210. The second kappa shape index (κ2) is 6.83. The van der Waals surface area contributed by atoms with Crippen LogP contribution < -0.4 is 5.32 Å². The Morgan fingerprint density at radius 2 is 2.19 bits per heavy atom. The van der Waals surface area contributed by atoms with Crippen LogP contribution in [0.4, 0.5) is 5.13 Å². The molecule has 0 aliphatic heterocycles. The Bertz CT molecular complexity index is 972. The van der Waals surface area contributed by atoms with Crippen LogP contribution in [0.3, 0.4) is 0 Å². The van der Waals surface area contributed by atoms with Gasteiger partial charge in [-0.3, -0.25) is 9.59 Å². The number of fused-ring (bicyclic) bond motifs is 1. The highest BCUT2D eigenvalue weighted by Crippen LogP contribution is 2.33.